The summed E-state index contributed by atoms with van der Waals surface area (Å²) in [5.41, 5.74) is -0.147. The Balaban J connectivity index is 4.85. The SMILES string of the molecule is CC(O)SCC(CSC(C)S)(CSC(C)S)CSC(C)S. The number of thioether (sulfide) groups is 4. The summed E-state index contributed by atoms with van der Waals surface area (Å²) in [6, 6.07) is 0. The van der Waals surface area contributed by atoms with Gasteiger partial charge in [0.25, 0.3) is 0 Å². The summed E-state index contributed by atoms with van der Waals surface area (Å²) in [6.45, 7) is 8.18. The highest BCUT2D eigenvalue weighted by Crippen LogP contribution is 2.39. The molecule has 0 spiro atoms. The van der Waals surface area contributed by atoms with Gasteiger partial charge >= 0.3 is 0 Å². The second kappa shape index (κ2) is 12.7. The molecule has 0 amide bonds. The van der Waals surface area contributed by atoms with Gasteiger partial charge in [-0.15, -0.1) is 47.0 Å². The molecule has 4 unspecified atom stereocenters. The number of hydrogen-bond acceptors (Lipinski definition) is 8. The third kappa shape index (κ3) is 13.4. The molecule has 0 aromatic heterocycles. The average molecular weight is 425 g/mol. The van der Waals surface area contributed by atoms with E-state index in [4.69, 9.17) is 0 Å². The summed E-state index contributed by atoms with van der Waals surface area (Å²) in [4.78, 5) is 0. The summed E-state index contributed by atoms with van der Waals surface area (Å²) >= 11 is 20.8. The van der Waals surface area contributed by atoms with Crippen LogP contribution in [0, 0.1) is 5.41 Å². The van der Waals surface area contributed by atoms with E-state index in [1.807, 2.05) is 42.2 Å². The summed E-state index contributed by atoms with van der Waals surface area (Å²) in [6.07, 6.45) is 0. The molecule has 128 valence electrons. The first-order valence-electron chi connectivity index (χ1n) is 6.85. The zero-order valence-electron chi connectivity index (χ0n) is 13.1. The van der Waals surface area contributed by atoms with Gasteiger partial charge in [0.1, 0.15) is 0 Å². The largest absolute Gasteiger partial charge is 0.383 e. The second-order valence-electron chi connectivity index (χ2n) is 5.14. The fourth-order valence-corrected chi connectivity index (χ4v) is 6.49. The fraction of sp³-hybridized carbons (Fsp3) is 1.00. The molecule has 0 aliphatic rings. The highest BCUT2D eigenvalue weighted by molar-refractivity contribution is 8.12. The minimum Gasteiger partial charge on any atom is -0.383 e. The lowest BCUT2D eigenvalue weighted by Crippen LogP contribution is -2.35. The van der Waals surface area contributed by atoms with Crippen LogP contribution in [0.25, 0.3) is 0 Å². The maximum absolute atomic E-state index is 9.65. The predicted octanol–water partition coefficient (Wildman–Crippen LogP) is 5.07. The predicted molar refractivity (Wildman–Crippen MR) is 119 cm³/mol. The third-order valence-electron chi connectivity index (χ3n) is 2.52. The van der Waals surface area contributed by atoms with Gasteiger partial charge in [-0.25, -0.2) is 0 Å². The Kier molecular flexibility index (Phi) is 14.2. The summed E-state index contributed by atoms with van der Waals surface area (Å²) < 4.78 is 0.994. The number of aliphatic hydroxyl groups is 1. The Labute approximate surface area is 164 Å². The molecule has 4 atom stereocenters. The van der Waals surface area contributed by atoms with Gasteiger partial charge in [-0.3, -0.25) is 0 Å². The third-order valence-corrected chi connectivity index (χ3v) is 8.91. The van der Waals surface area contributed by atoms with Crippen LogP contribution in [0.5, 0.6) is 0 Å². The Bertz CT molecular complexity index is 205. The maximum atomic E-state index is 9.65. The van der Waals surface area contributed by atoms with Gasteiger partial charge < -0.3 is 5.11 Å². The zero-order chi connectivity index (χ0) is 16.5. The van der Waals surface area contributed by atoms with E-state index in [-0.39, 0.29) is 10.9 Å². The summed E-state index contributed by atoms with van der Waals surface area (Å²) in [5, 5.41) is 9.65. The van der Waals surface area contributed by atoms with Crippen molar-refractivity contribution in [3.63, 3.8) is 0 Å². The van der Waals surface area contributed by atoms with Crippen molar-refractivity contribution in [2.24, 2.45) is 5.41 Å². The van der Waals surface area contributed by atoms with E-state index < -0.39 is 0 Å². The Morgan fingerprint density at radius 1 is 0.714 bits per heavy atom. The number of hydrogen-bond donors (Lipinski definition) is 4. The van der Waals surface area contributed by atoms with Crippen LogP contribution >= 0.6 is 84.9 Å². The first kappa shape index (κ1) is 23.4. The van der Waals surface area contributed by atoms with Gasteiger partial charge in [0.15, 0.2) is 0 Å². The molecule has 1 nitrogen and oxygen atoms in total. The van der Waals surface area contributed by atoms with Crippen LogP contribution < -0.4 is 0 Å². The number of thiol groups is 3. The highest BCUT2D eigenvalue weighted by Gasteiger charge is 2.32. The van der Waals surface area contributed by atoms with E-state index in [1.165, 1.54) is 0 Å². The van der Waals surface area contributed by atoms with E-state index in [1.54, 1.807) is 11.8 Å². The van der Waals surface area contributed by atoms with Gasteiger partial charge in [-0.2, -0.15) is 37.9 Å². The highest BCUT2D eigenvalue weighted by atomic mass is 32.2. The van der Waals surface area contributed by atoms with Crippen molar-refractivity contribution >= 4 is 84.9 Å². The van der Waals surface area contributed by atoms with Gasteiger partial charge in [0.05, 0.1) is 5.44 Å². The standard InChI is InChI=1S/C13H28OS7/c1-9(14)18-5-13(6-19-10(2)15,7-20-11(3)16)8-21-12(4)17/h9-12,14-17H,5-8H2,1-4H3. The van der Waals surface area contributed by atoms with Crippen molar-refractivity contribution in [3.8, 4) is 0 Å². The number of aliphatic hydroxyl groups excluding tert-OH is 1. The average Bonchev–Trinajstić information content (AvgIpc) is 2.36. The number of rotatable bonds is 12. The molecule has 0 radical (unpaired) electrons. The molecule has 0 aromatic carbocycles. The lowest BCUT2D eigenvalue weighted by atomic mass is 9.99. The molecule has 0 aromatic rings. The van der Waals surface area contributed by atoms with Gasteiger partial charge in [0, 0.05) is 42.2 Å². The molecule has 0 rings (SSSR count). The fourth-order valence-electron chi connectivity index (χ4n) is 1.44. The molecule has 0 heterocycles. The molecule has 21 heavy (non-hydrogen) atoms. The minimum atomic E-state index is -0.320. The monoisotopic (exact) mass is 424 g/mol. The van der Waals surface area contributed by atoms with E-state index in [2.05, 4.69) is 58.7 Å². The van der Waals surface area contributed by atoms with E-state index in [0.717, 1.165) is 23.0 Å². The summed E-state index contributed by atoms with van der Waals surface area (Å²) in [7, 11) is 0. The molecule has 8 heteroatoms. The van der Waals surface area contributed by atoms with E-state index >= 15 is 0 Å². The zero-order valence-corrected chi connectivity index (χ0v) is 19.0. The van der Waals surface area contributed by atoms with Crippen molar-refractivity contribution < 1.29 is 5.11 Å². The van der Waals surface area contributed by atoms with Crippen LogP contribution in [-0.4, -0.2) is 47.3 Å². The quantitative estimate of drug-likeness (QED) is 0.258. The van der Waals surface area contributed by atoms with Gasteiger partial charge in [-0.1, -0.05) is 0 Å². The van der Waals surface area contributed by atoms with Crippen LogP contribution in [0.15, 0.2) is 0 Å². The molecule has 0 aliphatic carbocycles. The van der Waals surface area contributed by atoms with Crippen molar-refractivity contribution in [1.29, 1.82) is 0 Å². The molecule has 0 fully saturated rings. The van der Waals surface area contributed by atoms with Crippen molar-refractivity contribution in [2.45, 2.75) is 46.9 Å². The van der Waals surface area contributed by atoms with E-state index in [0.29, 0.717) is 13.7 Å². The van der Waals surface area contributed by atoms with Crippen molar-refractivity contribution in [1.82, 2.24) is 0 Å². The van der Waals surface area contributed by atoms with Crippen molar-refractivity contribution in [2.75, 3.05) is 23.0 Å². The topological polar surface area (TPSA) is 20.2 Å². The molecule has 0 bridgehead atoms. The van der Waals surface area contributed by atoms with E-state index in [9.17, 15) is 5.11 Å². The van der Waals surface area contributed by atoms with Crippen LogP contribution in [-0.2, 0) is 0 Å². The Morgan fingerprint density at radius 2 is 1.00 bits per heavy atom. The molecular weight excluding hydrogens is 397 g/mol. The maximum Gasteiger partial charge on any atom is 0.0964 e. The molecular formula is C13H28OS7. The smallest absolute Gasteiger partial charge is 0.0964 e. The lowest BCUT2D eigenvalue weighted by molar-refractivity contribution is 0.282. The Hall–Kier alpha value is 2.41. The van der Waals surface area contributed by atoms with Crippen LogP contribution in [0.2, 0.25) is 0 Å². The summed E-state index contributed by atoms with van der Waals surface area (Å²) in [5.74, 6) is 4.12. The van der Waals surface area contributed by atoms with Crippen molar-refractivity contribution in [3.05, 3.63) is 0 Å². The first-order chi connectivity index (χ1) is 9.67. The molecule has 0 saturated carbocycles. The minimum absolute atomic E-state index is 0.173. The Morgan fingerprint density at radius 3 is 1.24 bits per heavy atom. The normalized spacial score (nSPS) is 20.6. The van der Waals surface area contributed by atoms with Crippen LogP contribution in [0.1, 0.15) is 27.7 Å². The lowest BCUT2D eigenvalue weighted by Gasteiger charge is -2.35. The second-order valence-corrected chi connectivity index (χ2v) is 13.8. The molecule has 1 N–H and O–H groups in total. The first-order valence-corrected chi connectivity index (χ1v) is 12.6. The molecule has 0 saturated heterocycles. The van der Waals surface area contributed by atoms with Crippen LogP contribution in [0.4, 0.5) is 0 Å². The van der Waals surface area contributed by atoms with Gasteiger partial charge in [-0.05, 0) is 27.7 Å². The van der Waals surface area contributed by atoms with Crippen LogP contribution in [0.3, 0.4) is 0 Å². The molecule has 0 aliphatic heterocycles. The van der Waals surface area contributed by atoms with Gasteiger partial charge in [0.2, 0.25) is 0 Å².